The van der Waals surface area contributed by atoms with Crippen LogP contribution < -0.4 is 0 Å². The van der Waals surface area contributed by atoms with Crippen LogP contribution in [-0.4, -0.2) is 46.1 Å². The van der Waals surface area contributed by atoms with Crippen molar-refractivity contribution in [2.75, 3.05) is 0 Å². The van der Waals surface area contributed by atoms with Gasteiger partial charge >= 0.3 is 11.9 Å². The van der Waals surface area contributed by atoms with Gasteiger partial charge in [-0.2, -0.15) is 0 Å². The molecule has 0 aromatic carbocycles. The van der Waals surface area contributed by atoms with Crippen LogP contribution in [0.1, 0.15) is 33.6 Å². The van der Waals surface area contributed by atoms with Crippen molar-refractivity contribution in [2.24, 2.45) is 11.8 Å². The lowest BCUT2D eigenvalue weighted by molar-refractivity contribution is -0.167. The fraction of sp³-hybridized carbons (Fsp3) is 0.647. The number of esters is 2. The number of hydrogen-bond acceptors (Lipinski definition) is 6. The van der Waals surface area contributed by atoms with Gasteiger partial charge in [-0.15, -0.1) is 0 Å². The lowest BCUT2D eigenvalue weighted by atomic mass is 9.80. The summed E-state index contributed by atoms with van der Waals surface area (Å²) in [5.74, 6) is -1.76. The molecule has 0 amide bonds. The van der Waals surface area contributed by atoms with E-state index in [0.29, 0.717) is 12.0 Å². The van der Waals surface area contributed by atoms with E-state index in [9.17, 15) is 19.8 Å². The summed E-state index contributed by atoms with van der Waals surface area (Å²) in [5, 5.41) is 21.3. The monoisotopic (exact) mass is 322 g/mol. The zero-order valence-electron chi connectivity index (χ0n) is 13.5. The molecule has 126 valence electrons. The Labute approximate surface area is 134 Å². The molecule has 0 spiro atoms. The van der Waals surface area contributed by atoms with E-state index in [4.69, 9.17) is 9.47 Å². The van der Waals surface area contributed by atoms with Gasteiger partial charge in [-0.1, -0.05) is 6.58 Å². The zero-order valence-corrected chi connectivity index (χ0v) is 13.5. The molecule has 1 aliphatic heterocycles. The summed E-state index contributed by atoms with van der Waals surface area (Å²) >= 11 is 0. The Morgan fingerprint density at radius 3 is 2.70 bits per heavy atom. The summed E-state index contributed by atoms with van der Waals surface area (Å²) in [6.07, 6.45) is -1.46. The van der Waals surface area contributed by atoms with Gasteiger partial charge in [0.2, 0.25) is 0 Å². The second-order valence-electron chi connectivity index (χ2n) is 6.96. The third-order valence-corrected chi connectivity index (χ3v) is 5.54. The van der Waals surface area contributed by atoms with Gasteiger partial charge in [-0.3, -0.25) is 4.79 Å². The Bertz CT molecular complexity index is 617. The molecule has 0 aromatic rings. The summed E-state index contributed by atoms with van der Waals surface area (Å²) in [4.78, 5) is 23.4. The molecule has 0 bridgehead atoms. The molecular weight excluding hydrogens is 300 g/mol. The Morgan fingerprint density at radius 2 is 2.09 bits per heavy atom. The van der Waals surface area contributed by atoms with E-state index in [2.05, 4.69) is 6.58 Å². The number of fused-ring (bicyclic) bond motifs is 3. The van der Waals surface area contributed by atoms with Crippen LogP contribution in [-0.2, 0) is 19.1 Å². The second-order valence-corrected chi connectivity index (χ2v) is 6.96. The van der Waals surface area contributed by atoms with Gasteiger partial charge in [0.1, 0.15) is 17.8 Å². The van der Waals surface area contributed by atoms with Gasteiger partial charge in [-0.25, -0.2) is 4.79 Å². The summed E-state index contributed by atoms with van der Waals surface area (Å²) in [7, 11) is 0. The predicted molar refractivity (Wildman–Crippen MR) is 80.1 cm³/mol. The van der Waals surface area contributed by atoms with Gasteiger partial charge in [0, 0.05) is 24.3 Å². The molecule has 6 atom stereocenters. The molecule has 3 rings (SSSR count). The molecule has 2 fully saturated rings. The lowest BCUT2D eigenvalue weighted by Gasteiger charge is -2.36. The van der Waals surface area contributed by atoms with E-state index in [0.717, 1.165) is 11.1 Å². The highest BCUT2D eigenvalue weighted by atomic mass is 16.6. The van der Waals surface area contributed by atoms with Crippen LogP contribution in [0.15, 0.2) is 23.3 Å². The zero-order chi connectivity index (χ0) is 17.1. The standard InChI is InChI=1S/C17H22O6/c1-7-10-5-13(22-9(3)18)17(4,21)11-6-12(19)8(2)14(11)15(10)23-16(7)20/h10-13,15,19,21H,1,5-6H2,2-4H3/t10-,11+,12+,13+,15-,17-/m1/s1. The highest BCUT2D eigenvalue weighted by Gasteiger charge is 2.58. The molecule has 2 N–H and O–H groups in total. The van der Waals surface area contributed by atoms with Gasteiger partial charge in [0.05, 0.1) is 6.10 Å². The Hall–Kier alpha value is -1.66. The molecule has 6 heteroatoms. The number of hydrogen-bond donors (Lipinski definition) is 2. The number of carbonyl (C=O) groups excluding carboxylic acids is 2. The first-order valence-electron chi connectivity index (χ1n) is 7.82. The first-order valence-corrected chi connectivity index (χ1v) is 7.82. The summed E-state index contributed by atoms with van der Waals surface area (Å²) < 4.78 is 10.8. The number of rotatable bonds is 1. The van der Waals surface area contributed by atoms with Gasteiger partial charge in [-0.05, 0) is 37.8 Å². The molecule has 0 radical (unpaired) electrons. The number of aliphatic hydroxyl groups is 2. The third kappa shape index (κ3) is 2.32. The molecule has 3 aliphatic rings. The maximum Gasteiger partial charge on any atom is 0.334 e. The molecule has 0 unspecified atom stereocenters. The van der Waals surface area contributed by atoms with Gasteiger partial charge in [0.25, 0.3) is 0 Å². The average molecular weight is 322 g/mol. The van der Waals surface area contributed by atoms with Crippen LogP contribution in [0.5, 0.6) is 0 Å². The SMILES string of the molecule is C=C1C(=O)O[C@H]2C3=C(C)[C@@H](O)C[C@@H]3[C@@](C)(O)[C@@H](OC(C)=O)C[C@H]12. The van der Waals surface area contributed by atoms with Crippen molar-refractivity contribution in [3.63, 3.8) is 0 Å². The van der Waals surface area contributed by atoms with E-state index >= 15 is 0 Å². The van der Waals surface area contributed by atoms with Crippen LogP contribution in [0.2, 0.25) is 0 Å². The van der Waals surface area contributed by atoms with Crippen molar-refractivity contribution in [3.8, 4) is 0 Å². The Balaban J connectivity index is 2.11. The number of ether oxygens (including phenoxy) is 2. The molecular formula is C17H22O6. The Morgan fingerprint density at radius 1 is 1.43 bits per heavy atom. The minimum Gasteiger partial charge on any atom is -0.459 e. The maximum atomic E-state index is 11.9. The molecule has 6 nitrogen and oxygen atoms in total. The first kappa shape index (κ1) is 16.2. The molecule has 23 heavy (non-hydrogen) atoms. The summed E-state index contributed by atoms with van der Waals surface area (Å²) in [5.41, 5.74) is 0.437. The topological polar surface area (TPSA) is 93.1 Å². The number of aliphatic hydroxyl groups excluding tert-OH is 1. The van der Waals surface area contributed by atoms with E-state index < -0.39 is 41.8 Å². The molecule has 1 heterocycles. The minimum atomic E-state index is -1.35. The maximum absolute atomic E-state index is 11.9. The number of carbonyl (C=O) groups is 2. The van der Waals surface area contributed by atoms with Crippen LogP contribution in [0.3, 0.4) is 0 Å². The average Bonchev–Trinajstić information content (AvgIpc) is 2.86. The highest BCUT2D eigenvalue weighted by molar-refractivity contribution is 5.91. The molecule has 1 saturated carbocycles. The van der Waals surface area contributed by atoms with Crippen LogP contribution in [0.25, 0.3) is 0 Å². The highest BCUT2D eigenvalue weighted by Crippen LogP contribution is 2.52. The fourth-order valence-electron chi connectivity index (χ4n) is 4.19. The fourth-order valence-corrected chi connectivity index (χ4v) is 4.19. The summed E-state index contributed by atoms with van der Waals surface area (Å²) in [6.45, 7) is 8.49. The first-order chi connectivity index (χ1) is 10.6. The van der Waals surface area contributed by atoms with Crippen LogP contribution in [0, 0.1) is 11.8 Å². The van der Waals surface area contributed by atoms with Crippen molar-refractivity contribution in [1.29, 1.82) is 0 Å². The normalized spacial score (nSPS) is 42.9. The van der Waals surface area contributed by atoms with Crippen molar-refractivity contribution in [1.82, 2.24) is 0 Å². The quantitative estimate of drug-likeness (QED) is 0.423. The van der Waals surface area contributed by atoms with Crippen LogP contribution in [0.4, 0.5) is 0 Å². The van der Waals surface area contributed by atoms with Crippen LogP contribution >= 0.6 is 0 Å². The van der Waals surface area contributed by atoms with E-state index in [1.165, 1.54) is 6.92 Å². The molecule has 0 aromatic heterocycles. The van der Waals surface area contributed by atoms with Gasteiger partial charge < -0.3 is 19.7 Å². The molecule has 1 saturated heterocycles. The third-order valence-electron chi connectivity index (χ3n) is 5.54. The smallest absolute Gasteiger partial charge is 0.334 e. The lowest BCUT2D eigenvalue weighted by Crippen LogP contribution is -2.48. The largest absolute Gasteiger partial charge is 0.459 e. The van der Waals surface area contributed by atoms with E-state index in [1.54, 1.807) is 13.8 Å². The van der Waals surface area contributed by atoms with Crippen molar-refractivity contribution in [2.45, 2.75) is 57.5 Å². The predicted octanol–water partition coefficient (Wildman–Crippen LogP) is 0.868. The molecule has 2 aliphatic carbocycles. The van der Waals surface area contributed by atoms with Crippen molar-refractivity contribution in [3.05, 3.63) is 23.3 Å². The van der Waals surface area contributed by atoms with Crippen molar-refractivity contribution >= 4 is 11.9 Å². The van der Waals surface area contributed by atoms with E-state index in [1.807, 2.05) is 0 Å². The Kier molecular flexibility index (Phi) is 3.65. The van der Waals surface area contributed by atoms with Gasteiger partial charge in [0.15, 0.2) is 0 Å². The second kappa shape index (κ2) is 5.18. The minimum absolute atomic E-state index is 0.269. The van der Waals surface area contributed by atoms with E-state index in [-0.39, 0.29) is 12.3 Å². The summed E-state index contributed by atoms with van der Waals surface area (Å²) in [6, 6.07) is 0. The van der Waals surface area contributed by atoms with Crippen molar-refractivity contribution < 1.29 is 29.3 Å².